The molecule has 0 saturated carbocycles. The molecule has 0 saturated heterocycles. The van der Waals surface area contributed by atoms with Crippen molar-refractivity contribution in [1.82, 2.24) is 15.1 Å². The Morgan fingerprint density at radius 1 is 1.17 bits per heavy atom. The first kappa shape index (κ1) is 15.1. The number of nitrogens with one attached hydrogen (secondary N) is 1. The molecule has 0 radical (unpaired) electrons. The number of carbonyl (C=O) groups excluding carboxylic acids is 1. The van der Waals surface area contributed by atoms with E-state index >= 15 is 0 Å². The van der Waals surface area contributed by atoms with Gasteiger partial charge in [0.05, 0.1) is 29.9 Å². The molecule has 1 aromatic heterocycles. The molecule has 2 aromatic carbocycles. The van der Waals surface area contributed by atoms with Crippen LogP contribution in [0.1, 0.15) is 23.0 Å². The third-order valence-electron chi connectivity index (χ3n) is 3.68. The third-order valence-corrected chi connectivity index (χ3v) is 3.68. The standard InChI is InChI=1S/C18H19N3O2/c1-3-23-17-11-7-5-9-14(17)18(22)19-12-15-13-8-4-6-10-16(13)21(2)20-15/h4-11H,3,12H2,1-2H3,(H,19,22). The minimum Gasteiger partial charge on any atom is -0.493 e. The van der Waals surface area contributed by atoms with E-state index in [1.807, 2.05) is 55.1 Å². The minimum atomic E-state index is -0.163. The van der Waals surface area contributed by atoms with Gasteiger partial charge in [-0.15, -0.1) is 0 Å². The van der Waals surface area contributed by atoms with Crippen molar-refractivity contribution in [3.05, 3.63) is 59.8 Å². The largest absolute Gasteiger partial charge is 0.493 e. The Morgan fingerprint density at radius 2 is 1.91 bits per heavy atom. The van der Waals surface area contributed by atoms with Crippen LogP contribution in [0, 0.1) is 0 Å². The van der Waals surface area contributed by atoms with E-state index < -0.39 is 0 Å². The minimum absolute atomic E-state index is 0.163. The summed E-state index contributed by atoms with van der Waals surface area (Å²) in [7, 11) is 1.90. The van der Waals surface area contributed by atoms with Crippen LogP contribution in [0.15, 0.2) is 48.5 Å². The normalized spacial score (nSPS) is 10.7. The van der Waals surface area contributed by atoms with Gasteiger partial charge in [0.25, 0.3) is 5.91 Å². The molecule has 0 bridgehead atoms. The summed E-state index contributed by atoms with van der Waals surface area (Å²) in [5.41, 5.74) is 2.44. The molecule has 0 aliphatic rings. The first-order valence-corrected chi connectivity index (χ1v) is 7.61. The first-order chi connectivity index (χ1) is 11.2. The smallest absolute Gasteiger partial charge is 0.255 e. The Kier molecular flexibility index (Phi) is 4.28. The van der Waals surface area contributed by atoms with Crippen molar-refractivity contribution in [2.75, 3.05) is 6.61 Å². The third kappa shape index (κ3) is 3.04. The number of aryl methyl sites for hydroxylation is 1. The zero-order chi connectivity index (χ0) is 16.2. The average molecular weight is 309 g/mol. The molecular formula is C18H19N3O2. The van der Waals surface area contributed by atoms with Crippen molar-refractivity contribution in [1.29, 1.82) is 0 Å². The summed E-state index contributed by atoms with van der Waals surface area (Å²) in [6.07, 6.45) is 0. The van der Waals surface area contributed by atoms with E-state index in [4.69, 9.17) is 4.74 Å². The van der Waals surface area contributed by atoms with E-state index in [-0.39, 0.29) is 5.91 Å². The number of aromatic nitrogens is 2. The van der Waals surface area contributed by atoms with Crippen molar-refractivity contribution < 1.29 is 9.53 Å². The van der Waals surface area contributed by atoms with E-state index in [9.17, 15) is 4.79 Å². The maximum absolute atomic E-state index is 12.4. The summed E-state index contributed by atoms with van der Waals surface area (Å²) in [4.78, 5) is 12.4. The molecule has 1 amide bonds. The van der Waals surface area contributed by atoms with Gasteiger partial charge in [0.1, 0.15) is 5.75 Å². The van der Waals surface area contributed by atoms with Gasteiger partial charge in [0.2, 0.25) is 0 Å². The zero-order valence-corrected chi connectivity index (χ0v) is 13.2. The highest BCUT2D eigenvalue weighted by Crippen LogP contribution is 2.19. The van der Waals surface area contributed by atoms with Crippen molar-refractivity contribution in [2.45, 2.75) is 13.5 Å². The second-order valence-corrected chi connectivity index (χ2v) is 5.20. The SMILES string of the molecule is CCOc1ccccc1C(=O)NCc1nn(C)c2ccccc12. The highest BCUT2D eigenvalue weighted by Gasteiger charge is 2.13. The lowest BCUT2D eigenvalue weighted by molar-refractivity contribution is 0.0946. The van der Waals surface area contributed by atoms with E-state index in [1.54, 1.807) is 12.1 Å². The lowest BCUT2D eigenvalue weighted by atomic mass is 10.1. The summed E-state index contributed by atoms with van der Waals surface area (Å²) in [5, 5.41) is 8.46. The Labute approximate surface area is 134 Å². The molecule has 5 nitrogen and oxygen atoms in total. The Hall–Kier alpha value is -2.82. The van der Waals surface area contributed by atoms with Crippen LogP contribution in [0.25, 0.3) is 10.9 Å². The number of hydrogen-bond acceptors (Lipinski definition) is 3. The molecule has 3 rings (SSSR count). The van der Waals surface area contributed by atoms with Crippen LogP contribution in [-0.2, 0) is 13.6 Å². The molecule has 0 aliphatic carbocycles. The van der Waals surface area contributed by atoms with Crippen LogP contribution in [0.5, 0.6) is 5.75 Å². The molecule has 0 spiro atoms. The van der Waals surface area contributed by atoms with Crippen molar-refractivity contribution in [2.24, 2.45) is 7.05 Å². The second kappa shape index (κ2) is 6.52. The molecular weight excluding hydrogens is 290 g/mol. The van der Waals surface area contributed by atoms with Crippen LogP contribution >= 0.6 is 0 Å². The van der Waals surface area contributed by atoms with Gasteiger partial charge in [0.15, 0.2) is 0 Å². The average Bonchev–Trinajstić information content (AvgIpc) is 2.90. The number of para-hydroxylation sites is 2. The monoisotopic (exact) mass is 309 g/mol. The highest BCUT2D eigenvalue weighted by atomic mass is 16.5. The molecule has 0 aliphatic heterocycles. The molecule has 3 aromatic rings. The van der Waals surface area contributed by atoms with Crippen LogP contribution in [-0.4, -0.2) is 22.3 Å². The van der Waals surface area contributed by atoms with E-state index in [2.05, 4.69) is 10.4 Å². The van der Waals surface area contributed by atoms with Gasteiger partial charge >= 0.3 is 0 Å². The fourth-order valence-electron chi connectivity index (χ4n) is 2.61. The summed E-state index contributed by atoms with van der Waals surface area (Å²) < 4.78 is 7.33. The molecule has 0 unspecified atom stereocenters. The molecule has 23 heavy (non-hydrogen) atoms. The van der Waals surface area contributed by atoms with Crippen LogP contribution in [0.4, 0.5) is 0 Å². The Bertz CT molecular complexity index is 839. The fourth-order valence-corrected chi connectivity index (χ4v) is 2.61. The maximum atomic E-state index is 12.4. The first-order valence-electron chi connectivity index (χ1n) is 7.61. The lowest BCUT2D eigenvalue weighted by Crippen LogP contribution is -2.23. The van der Waals surface area contributed by atoms with Crippen LogP contribution in [0.2, 0.25) is 0 Å². The van der Waals surface area contributed by atoms with Gasteiger partial charge in [0, 0.05) is 12.4 Å². The quantitative estimate of drug-likeness (QED) is 0.788. The number of nitrogens with zero attached hydrogens (tertiary/aromatic N) is 2. The summed E-state index contributed by atoms with van der Waals surface area (Å²) in [6.45, 7) is 2.80. The number of rotatable bonds is 5. The number of ether oxygens (including phenoxy) is 1. The maximum Gasteiger partial charge on any atom is 0.255 e. The van der Waals surface area contributed by atoms with Gasteiger partial charge in [-0.3, -0.25) is 9.48 Å². The predicted octanol–water partition coefficient (Wildman–Crippen LogP) is 2.90. The molecule has 118 valence electrons. The van der Waals surface area contributed by atoms with Gasteiger partial charge in [-0.2, -0.15) is 5.10 Å². The number of benzene rings is 2. The fraction of sp³-hybridized carbons (Fsp3) is 0.222. The van der Waals surface area contributed by atoms with Gasteiger partial charge in [-0.1, -0.05) is 30.3 Å². The van der Waals surface area contributed by atoms with Gasteiger partial charge in [-0.25, -0.2) is 0 Å². The predicted molar refractivity (Wildman–Crippen MR) is 89.5 cm³/mol. The molecule has 0 fully saturated rings. The van der Waals surface area contributed by atoms with Crippen LogP contribution < -0.4 is 10.1 Å². The summed E-state index contributed by atoms with van der Waals surface area (Å²) in [6, 6.07) is 15.2. The number of fused-ring (bicyclic) bond motifs is 1. The number of amides is 1. The second-order valence-electron chi connectivity index (χ2n) is 5.20. The van der Waals surface area contributed by atoms with Gasteiger partial charge in [-0.05, 0) is 25.1 Å². The molecule has 0 atom stereocenters. The summed E-state index contributed by atoms with van der Waals surface area (Å²) >= 11 is 0. The molecule has 1 heterocycles. The molecule has 1 N–H and O–H groups in total. The van der Waals surface area contributed by atoms with E-state index in [0.29, 0.717) is 24.5 Å². The van der Waals surface area contributed by atoms with Crippen molar-refractivity contribution in [3.8, 4) is 5.75 Å². The number of carbonyl (C=O) groups is 1. The topological polar surface area (TPSA) is 56.1 Å². The van der Waals surface area contributed by atoms with Crippen LogP contribution in [0.3, 0.4) is 0 Å². The Morgan fingerprint density at radius 3 is 2.74 bits per heavy atom. The van der Waals surface area contributed by atoms with E-state index in [0.717, 1.165) is 16.6 Å². The highest BCUT2D eigenvalue weighted by molar-refractivity contribution is 5.97. The van der Waals surface area contributed by atoms with Gasteiger partial charge < -0.3 is 10.1 Å². The Balaban J connectivity index is 1.79. The lowest BCUT2D eigenvalue weighted by Gasteiger charge is -2.09. The van der Waals surface area contributed by atoms with Crippen molar-refractivity contribution >= 4 is 16.8 Å². The zero-order valence-electron chi connectivity index (χ0n) is 13.2. The molecule has 5 heteroatoms. The van der Waals surface area contributed by atoms with Crippen molar-refractivity contribution in [3.63, 3.8) is 0 Å². The number of hydrogen-bond donors (Lipinski definition) is 1. The summed E-state index contributed by atoms with van der Waals surface area (Å²) in [5.74, 6) is 0.433. The van der Waals surface area contributed by atoms with E-state index in [1.165, 1.54) is 0 Å².